The second-order valence-electron chi connectivity index (χ2n) is 5.67. The monoisotopic (exact) mass is 252 g/mol. The number of hydrogen-bond acceptors (Lipinski definition) is 3. The van der Waals surface area contributed by atoms with E-state index >= 15 is 0 Å². The molecule has 104 valence electrons. The Morgan fingerprint density at radius 2 is 2.11 bits per heavy atom. The molecular weight excluding hydrogens is 224 g/mol. The molecule has 1 rings (SSSR count). The van der Waals surface area contributed by atoms with Crippen LogP contribution in [0.4, 0.5) is 0 Å². The molecule has 0 bridgehead atoms. The van der Waals surface area contributed by atoms with Gasteiger partial charge in [0.1, 0.15) is 0 Å². The number of hydrogen-bond donors (Lipinski definition) is 1. The SMILES string of the molecule is CC(C)CNCCC(C)N(C)Cc1cnn(C)c1. The summed E-state index contributed by atoms with van der Waals surface area (Å²) in [5.74, 6) is 0.730. The third-order valence-corrected chi connectivity index (χ3v) is 3.23. The Bertz CT molecular complexity index is 332. The van der Waals surface area contributed by atoms with Crippen molar-refractivity contribution in [2.75, 3.05) is 20.1 Å². The summed E-state index contributed by atoms with van der Waals surface area (Å²) in [6.07, 6.45) is 5.21. The van der Waals surface area contributed by atoms with E-state index in [1.807, 2.05) is 17.9 Å². The summed E-state index contributed by atoms with van der Waals surface area (Å²) in [7, 11) is 4.14. The highest BCUT2D eigenvalue weighted by Crippen LogP contribution is 2.07. The summed E-state index contributed by atoms with van der Waals surface area (Å²) >= 11 is 0. The first-order valence-corrected chi connectivity index (χ1v) is 6.87. The maximum Gasteiger partial charge on any atom is 0.0534 e. The predicted molar refractivity (Wildman–Crippen MR) is 76.5 cm³/mol. The lowest BCUT2D eigenvalue weighted by molar-refractivity contribution is 0.236. The van der Waals surface area contributed by atoms with Crippen molar-refractivity contribution in [1.82, 2.24) is 20.0 Å². The zero-order chi connectivity index (χ0) is 13.5. The van der Waals surface area contributed by atoms with E-state index in [1.54, 1.807) is 0 Å². The molecule has 4 heteroatoms. The van der Waals surface area contributed by atoms with Gasteiger partial charge in [0.25, 0.3) is 0 Å². The van der Waals surface area contributed by atoms with E-state index in [9.17, 15) is 0 Å². The van der Waals surface area contributed by atoms with Gasteiger partial charge < -0.3 is 5.32 Å². The van der Waals surface area contributed by atoms with Crippen molar-refractivity contribution >= 4 is 0 Å². The third kappa shape index (κ3) is 5.65. The van der Waals surface area contributed by atoms with Crippen molar-refractivity contribution in [3.8, 4) is 0 Å². The minimum atomic E-state index is 0.588. The molecule has 1 aromatic heterocycles. The van der Waals surface area contributed by atoms with Gasteiger partial charge in [0, 0.05) is 31.4 Å². The second kappa shape index (κ2) is 7.54. The van der Waals surface area contributed by atoms with Crippen LogP contribution in [0.5, 0.6) is 0 Å². The number of aryl methyl sites for hydroxylation is 1. The Morgan fingerprint density at radius 3 is 2.67 bits per heavy atom. The minimum absolute atomic E-state index is 0.588. The molecule has 4 nitrogen and oxygen atoms in total. The van der Waals surface area contributed by atoms with Gasteiger partial charge in [-0.15, -0.1) is 0 Å². The fraction of sp³-hybridized carbons (Fsp3) is 0.786. The topological polar surface area (TPSA) is 33.1 Å². The van der Waals surface area contributed by atoms with Gasteiger partial charge in [-0.05, 0) is 39.4 Å². The molecule has 0 saturated heterocycles. The quantitative estimate of drug-likeness (QED) is 0.717. The molecule has 1 atom stereocenters. The summed E-state index contributed by atoms with van der Waals surface area (Å²) in [5, 5.41) is 7.70. The van der Waals surface area contributed by atoms with E-state index in [-0.39, 0.29) is 0 Å². The average Bonchev–Trinajstić information content (AvgIpc) is 2.69. The fourth-order valence-corrected chi connectivity index (χ4v) is 1.92. The van der Waals surface area contributed by atoms with Crippen LogP contribution in [0.15, 0.2) is 12.4 Å². The lowest BCUT2D eigenvalue weighted by Crippen LogP contribution is -2.32. The van der Waals surface area contributed by atoms with Crippen LogP contribution >= 0.6 is 0 Å². The van der Waals surface area contributed by atoms with Crippen LogP contribution in [-0.2, 0) is 13.6 Å². The van der Waals surface area contributed by atoms with Gasteiger partial charge in [-0.3, -0.25) is 9.58 Å². The molecule has 1 N–H and O–H groups in total. The number of nitrogens with zero attached hydrogens (tertiary/aromatic N) is 3. The Balaban J connectivity index is 2.22. The molecule has 1 unspecified atom stereocenters. The van der Waals surface area contributed by atoms with Crippen LogP contribution < -0.4 is 5.32 Å². The largest absolute Gasteiger partial charge is 0.316 e. The molecule has 0 fully saturated rings. The van der Waals surface area contributed by atoms with Crippen molar-refractivity contribution < 1.29 is 0 Å². The molecule has 0 aromatic carbocycles. The molecule has 0 aliphatic carbocycles. The molecule has 0 aliphatic rings. The number of rotatable bonds is 8. The lowest BCUT2D eigenvalue weighted by Gasteiger charge is -2.24. The first kappa shape index (κ1) is 15.2. The van der Waals surface area contributed by atoms with Crippen LogP contribution in [0.25, 0.3) is 0 Å². The summed E-state index contributed by atoms with van der Waals surface area (Å²) in [6, 6.07) is 0.588. The molecule has 0 aliphatic heterocycles. The van der Waals surface area contributed by atoms with E-state index in [2.05, 4.69) is 49.3 Å². The highest BCUT2D eigenvalue weighted by molar-refractivity contribution is 5.03. The van der Waals surface area contributed by atoms with Gasteiger partial charge in [0.2, 0.25) is 0 Å². The van der Waals surface area contributed by atoms with E-state index < -0.39 is 0 Å². The molecular formula is C14H28N4. The highest BCUT2D eigenvalue weighted by atomic mass is 15.2. The van der Waals surface area contributed by atoms with E-state index in [1.165, 1.54) is 12.0 Å². The van der Waals surface area contributed by atoms with Crippen LogP contribution in [0.1, 0.15) is 32.8 Å². The molecule has 0 amide bonds. The number of nitrogens with one attached hydrogen (secondary N) is 1. The zero-order valence-electron chi connectivity index (χ0n) is 12.5. The maximum atomic E-state index is 4.20. The molecule has 1 heterocycles. The summed E-state index contributed by atoms with van der Waals surface area (Å²) in [4.78, 5) is 2.38. The van der Waals surface area contributed by atoms with Crippen molar-refractivity contribution in [2.45, 2.75) is 39.8 Å². The van der Waals surface area contributed by atoms with Gasteiger partial charge in [0.15, 0.2) is 0 Å². The van der Waals surface area contributed by atoms with Gasteiger partial charge in [-0.25, -0.2) is 0 Å². The van der Waals surface area contributed by atoms with Gasteiger partial charge >= 0.3 is 0 Å². The summed E-state index contributed by atoms with van der Waals surface area (Å²) in [6.45, 7) is 9.94. The normalized spacial score (nSPS) is 13.5. The number of aromatic nitrogens is 2. The molecule has 18 heavy (non-hydrogen) atoms. The second-order valence-corrected chi connectivity index (χ2v) is 5.67. The van der Waals surface area contributed by atoms with Crippen LogP contribution in [-0.4, -0.2) is 40.9 Å². The molecule has 0 saturated carbocycles. The molecule has 0 radical (unpaired) electrons. The first-order chi connectivity index (χ1) is 8.49. The summed E-state index contributed by atoms with van der Waals surface area (Å²) < 4.78 is 1.86. The van der Waals surface area contributed by atoms with Gasteiger partial charge in [0.05, 0.1) is 6.20 Å². The summed E-state index contributed by atoms with van der Waals surface area (Å²) in [5.41, 5.74) is 1.28. The zero-order valence-corrected chi connectivity index (χ0v) is 12.5. The minimum Gasteiger partial charge on any atom is -0.316 e. The lowest BCUT2D eigenvalue weighted by atomic mass is 10.2. The van der Waals surface area contributed by atoms with Crippen LogP contribution in [0.2, 0.25) is 0 Å². The van der Waals surface area contributed by atoms with Crippen molar-refractivity contribution in [3.63, 3.8) is 0 Å². The van der Waals surface area contributed by atoms with Crippen molar-refractivity contribution in [2.24, 2.45) is 13.0 Å². The fourth-order valence-electron chi connectivity index (χ4n) is 1.92. The Kier molecular flexibility index (Phi) is 6.36. The van der Waals surface area contributed by atoms with E-state index in [0.717, 1.165) is 25.6 Å². The van der Waals surface area contributed by atoms with Crippen molar-refractivity contribution in [3.05, 3.63) is 18.0 Å². The van der Waals surface area contributed by atoms with E-state index in [4.69, 9.17) is 0 Å². The van der Waals surface area contributed by atoms with Crippen LogP contribution in [0.3, 0.4) is 0 Å². The van der Waals surface area contributed by atoms with Gasteiger partial charge in [-0.1, -0.05) is 13.8 Å². The Morgan fingerprint density at radius 1 is 1.39 bits per heavy atom. The van der Waals surface area contributed by atoms with E-state index in [0.29, 0.717) is 6.04 Å². The first-order valence-electron chi connectivity index (χ1n) is 6.87. The molecule has 0 spiro atoms. The van der Waals surface area contributed by atoms with Crippen molar-refractivity contribution in [1.29, 1.82) is 0 Å². The maximum absolute atomic E-state index is 4.20. The van der Waals surface area contributed by atoms with Crippen LogP contribution in [0, 0.1) is 5.92 Å². The molecule has 1 aromatic rings. The average molecular weight is 252 g/mol. The Labute approximate surface area is 111 Å². The predicted octanol–water partition coefficient (Wildman–Crippen LogP) is 1.88. The smallest absolute Gasteiger partial charge is 0.0534 e. The third-order valence-electron chi connectivity index (χ3n) is 3.23. The van der Waals surface area contributed by atoms with Gasteiger partial charge in [-0.2, -0.15) is 5.10 Å². The standard InChI is InChI=1S/C14H28N4/c1-12(2)8-15-7-6-13(3)17(4)10-14-9-16-18(5)11-14/h9,11-13,15H,6-8,10H2,1-5H3. The Hall–Kier alpha value is -0.870. The highest BCUT2D eigenvalue weighted by Gasteiger charge is 2.10.